The number of aryl methyl sites for hydroxylation is 1. The van der Waals surface area contributed by atoms with Crippen molar-refractivity contribution in [3.05, 3.63) is 217 Å². The molecule has 10 rings (SSSR count). The molecule has 0 bridgehead atoms. The average Bonchev–Trinajstić information content (AvgIpc) is 3.77. The number of phenols is 1. The van der Waals surface area contributed by atoms with Crippen LogP contribution < -0.4 is 0 Å². The number of hydrogen-bond donors (Lipinski definition) is 1. The normalized spacial score (nSPS) is 11.7. The standard InChI is InChI=1S/C64H56N3O.Pt/c1-8-64(6,7)52-31-32-58(55(40-52)47-23-16-11-17-24-47)67-59-26-18-25-54(60(59)66-62(67)56-41-53(63(3,4)5)35-42(2)61(56)68)50-36-49(44-21-14-10-15-22-44)37-51(38-50)57-39-48(33-34-65-57)46-29-27-45(28-30-46)43-19-12-9-13-20-43;/h9-37,39-41,68H,8H2,1-7H3;/q-1;. The monoisotopic (exact) mass is 1080 g/mol. The number of para-hydroxylation sites is 1. The molecular formula is C64H56N3OPt-. The molecule has 10 aromatic rings. The Hall–Kier alpha value is -7.13. The van der Waals surface area contributed by atoms with Crippen LogP contribution in [0.4, 0.5) is 0 Å². The van der Waals surface area contributed by atoms with Crippen LogP contribution in [0.5, 0.6) is 5.75 Å². The van der Waals surface area contributed by atoms with Crippen LogP contribution in [-0.2, 0) is 31.9 Å². The van der Waals surface area contributed by atoms with Crippen molar-refractivity contribution >= 4 is 11.0 Å². The third-order valence-electron chi connectivity index (χ3n) is 13.7. The van der Waals surface area contributed by atoms with Crippen molar-refractivity contribution in [2.24, 2.45) is 0 Å². The van der Waals surface area contributed by atoms with Crippen LogP contribution in [0.15, 0.2) is 194 Å². The summed E-state index contributed by atoms with van der Waals surface area (Å²) < 4.78 is 2.26. The topological polar surface area (TPSA) is 50.9 Å². The van der Waals surface area contributed by atoms with E-state index in [9.17, 15) is 5.11 Å². The van der Waals surface area contributed by atoms with Gasteiger partial charge in [0.05, 0.1) is 22.3 Å². The molecule has 0 fully saturated rings. The third kappa shape index (κ3) is 9.27. The van der Waals surface area contributed by atoms with Crippen molar-refractivity contribution in [2.45, 2.75) is 65.7 Å². The number of hydrogen-bond acceptors (Lipinski definition) is 3. The summed E-state index contributed by atoms with van der Waals surface area (Å²) in [5, 5.41) is 12.1. The molecule has 0 radical (unpaired) electrons. The predicted molar refractivity (Wildman–Crippen MR) is 284 cm³/mol. The summed E-state index contributed by atoms with van der Waals surface area (Å²) in [5.74, 6) is 0.896. The van der Waals surface area contributed by atoms with E-state index in [0.717, 1.165) is 90.0 Å². The van der Waals surface area contributed by atoms with Gasteiger partial charge in [-0.25, -0.2) is 4.98 Å². The molecule has 4 nitrogen and oxygen atoms in total. The van der Waals surface area contributed by atoms with E-state index in [1.807, 2.05) is 19.2 Å². The molecule has 2 aromatic heterocycles. The summed E-state index contributed by atoms with van der Waals surface area (Å²) in [6.07, 6.45) is 2.89. The van der Waals surface area contributed by atoms with E-state index in [0.29, 0.717) is 11.4 Å². The van der Waals surface area contributed by atoms with Crippen molar-refractivity contribution in [3.63, 3.8) is 0 Å². The van der Waals surface area contributed by atoms with E-state index in [1.165, 1.54) is 16.7 Å². The van der Waals surface area contributed by atoms with E-state index in [2.05, 4.69) is 234 Å². The molecule has 69 heavy (non-hydrogen) atoms. The predicted octanol–water partition coefficient (Wildman–Crippen LogP) is 16.9. The SMILES string of the molecule is CCC(C)(C)c1ccc(-n2c(-c3cc(C(C)(C)C)cc(C)c3O)nc3c(-c4[c-]c(-c5cc(-c6ccc(-c7ccccc7)cc6)ccn5)cc(-c5ccccc5)c4)cccc32)c(-c2ccccc2)c1.[Pt]. The van der Waals surface area contributed by atoms with Crippen molar-refractivity contribution in [1.29, 1.82) is 0 Å². The zero-order valence-corrected chi connectivity index (χ0v) is 42.6. The summed E-state index contributed by atoms with van der Waals surface area (Å²) in [6, 6.07) is 70.4. The van der Waals surface area contributed by atoms with Gasteiger partial charge in [0, 0.05) is 38.5 Å². The molecule has 344 valence electrons. The van der Waals surface area contributed by atoms with E-state index < -0.39 is 0 Å². The molecule has 0 unspecified atom stereocenters. The second-order valence-corrected chi connectivity index (χ2v) is 19.7. The van der Waals surface area contributed by atoms with Gasteiger partial charge < -0.3 is 5.11 Å². The molecule has 8 aromatic carbocycles. The number of nitrogens with zero attached hydrogens (tertiary/aromatic N) is 3. The molecule has 0 aliphatic heterocycles. The summed E-state index contributed by atoms with van der Waals surface area (Å²) in [5.41, 5.74) is 18.9. The molecule has 2 heterocycles. The Morgan fingerprint density at radius 1 is 0.522 bits per heavy atom. The van der Waals surface area contributed by atoms with Crippen molar-refractivity contribution < 1.29 is 26.2 Å². The second kappa shape index (κ2) is 19.1. The van der Waals surface area contributed by atoms with Crippen molar-refractivity contribution in [2.75, 3.05) is 0 Å². The fourth-order valence-corrected chi connectivity index (χ4v) is 9.22. The third-order valence-corrected chi connectivity index (χ3v) is 13.7. The number of rotatable bonds is 10. The second-order valence-electron chi connectivity index (χ2n) is 19.7. The maximum absolute atomic E-state index is 12.1. The van der Waals surface area contributed by atoms with Gasteiger partial charge in [-0.05, 0) is 105 Å². The van der Waals surface area contributed by atoms with E-state index >= 15 is 0 Å². The molecule has 0 aliphatic carbocycles. The zero-order valence-electron chi connectivity index (χ0n) is 40.3. The van der Waals surface area contributed by atoms with Gasteiger partial charge in [-0.15, -0.1) is 23.8 Å². The number of phenolic OH excluding ortho intramolecular Hbond substituents is 1. The van der Waals surface area contributed by atoms with Crippen LogP contribution in [0.1, 0.15) is 64.7 Å². The summed E-state index contributed by atoms with van der Waals surface area (Å²) in [4.78, 5) is 10.6. The van der Waals surface area contributed by atoms with Gasteiger partial charge in [0.15, 0.2) is 0 Å². The Bertz CT molecular complexity index is 3440. The number of fused-ring (bicyclic) bond motifs is 1. The first-order valence-corrected chi connectivity index (χ1v) is 23.7. The number of aromatic nitrogens is 3. The summed E-state index contributed by atoms with van der Waals surface area (Å²) in [7, 11) is 0. The van der Waals surface area contributed by atoms with Crippen LogP contribution in [-0.4, -0.2) is 19.6 Å². The van der Waals surface area contributed by atoms with Crippen LogP contribution in [0, 0.1) is 13.0 Å². The number of benzene rings is 8. The van der Waals surface area contributed by atoms with E-state index in [4.69, 9.17) is 9.97 Å². The van der Waals surface area contributed by atoms with Gasteiger partial charge in [-0.2, -0.15) is 0 Å². The molecule has 0 spiro atoms. The smallest absolute Gasteiger partial charge is 0.148 e. The minimum atomic E-state index is -0.169. The van der Waals surface area contributed by atoms with Gasteiger partial charge in [0.25, 0.3) is 0 Å². The molecule has 0 aliphatic rings. The molecule has 0 saturated carbocycles. The minimum Gasteiger partial charge on any atom is -0.507 e. The quantitative estimate of drug-likeness (QED) is 0.139. The van der Waals surface area contributed by atoms with Gasteiger partial charge in [-0.3, -0.25) is 9.55 Å². The minimum absolute atomic E-state index is 0. The summed E-state index contributed by atoms with van der Waals surface area (Å²) >= 11 is 0. The Morgan fingerprint density at radius 2 is 1.10 bits per heavy atom. The Labute approximate surface area is 421 Å². The Morgan fingerprint density at radius 3 is 1.74 bits per heavy atom. The summed E-state index contributed by atoms with van der Waals surface area (Å²) in [6.45, 7) is 15.5. The van der Waals surface area contributed by atoms with E-state index in [-0.39, 0.29) is 37.6 Å². The van der Waals surface area contributed by atoms with Crippen molar-refractivity contribution in [3.8, 4) is 89.7 Å². The van der Waals surface area contributed by atoms with Gasteiger partial charge in [-0.1, -0.05) is 204 Å². The molecule has 1 N–H and O–H groups in total. The van der Waals surface area contributed by atoms with Gasteiger partial charge in [0.1, 0.15) is 11.6 Å². The first-order valence-electron chi connectivity index (χ1n) is 23.7. The molecular weight excluding hydrogens is 1020 g/mol. The molecule has 5 heteroatoms. The fourth-order valence-electron chi connectivity index (χ4n) is 9.22. The first-order chi connectivity index (χ1) is 32.9. The maximum Gasteiger partial charge on any atom is 0.148 e. The Kier molecular flexibility index (Phi) is 13.0. The largest absolute Gasteiger partial charge is 0.507 e. The van der Waals surface area contributed by atoms with Crippen LogP contribution in [0.25, 0.3) is 95.0 Å². The van der Waals surface area contributed by atoms with Crippen LogP contribution >= 0.6 is 0 Å². The van der Waals surface area contributed by atoms with Gasteiger partial charge in [0.2, 0.25) is 0 Å². The number of pyridine rings is 1. The van der Waals surface area contributed by atoms with Crippen LogP contribution in [0.2, 0.25) is 0 Å². The fraction of sp³-hybridized carbons (Fsp3) is 0.156. The van der Waals surface area contributed by atoms with Crippen molar-refractivity contribution in [1.82, 2.24) is 14.5 Å². The van der Waals surface area contributed by atoms with E-state index in [1.54, 1.807) is 0 Å². The zero-order chi connectivity index (χ0) is 47.2. The molecule has 0 atom stereocenters. The van der Waals surface area contributed by atoms with Gasteiger partial charge >= 0.3 is 0 Å². The number of aromatic hydroxyl groups is 1. The van der Waals surface area contributed by atoms with Crippen LogP contribution in [0.3, 0.4) is 0 Å². The molecule has 0 amide bonds. The maximum atomic E-state index is 12.1. The molecule has 0 saturated heterocycles. The number of imidazole rings is 1. The Balaban J connectivity index is 0.00000593. The first kappa shape index (κ1) is 47.0. The average molecular weight is 1080 g/mol.